The summed E-state index contributed by atoms with van der Waals surface area (Å²) in [5.41, 5.74) is 2.39. The van der Waals surface area contributed by atoms with Crippen molar-refractivity contribution >= 4 is 33.0 Å². The quantitative estimate of drug-likeness (QED) is 0.820. The minimum Gasteiger partial charge on any atom is -0.320 e. The summed E-state index contributed by atoms with van der Waals surface area (Å²) in [7, 11) is -3.63. The van der Waals surface area contributed by atoms with Crippen LogP contribution in [0, 0.1) is 13.8 Å². The molecule has 0 spiro atoms. The van der Waals surface area contributed by atoms with Gasteiger partial charge >= 0.3 is 0 Å². The maximum absolute atomic E-state index is 12.4. The van der Waals surface area contributed by atoms with Gasteiger partial charge in [-0.2, -0.15) is 0 Å². The van der Waals surface area contributed by atoms with Crippen molar-refractivity contribution in [1.29, 1.82) is 0 Å². The normalized spacial score (nSPS) is 11.3. The average molecular weight is 368 g/mol. The molecule has 0 aliphatic heterocycles. The van der Waals surface area contributed by atoms with E-state index in [1.807, 2.05) is 26.0 Å². The summed E-state index contributed by atoms with van der Waals surface area (Å²) in [6.07, 6.45) is 1.56. The number of hydrogen-bond donors (Lipinski definition) is 1. The molecule has 1 amide bonds. The van der Waals surface area contributed by atoms with Gasteiger partial charge in [-0.05, 0) is 31.9 Å². The Kier molecular flexibility index (Phi) is 5.56. The Balaban J connectivity index is 2.35. The molecule has 2 aromatic rings. The summed E-state index contributed by atoms with van der Waals surface area (Å²) in [6.45, 7) is 5.55. The molecular formula is C16H18ClN3O3S. The minimum absolute atomic E-state index is 0.00675. The summed E-state index contributed by atoms with van der Waals surface area (Å²) >= 11 is 5.97. The number of nitrogens with one attached hydrogen (secondary N) is 1. The molecule has 0 unspecified atom stereocenters. The van der Waals surface area contributed by atoms with Gasteiger partial charge in [0.05, 0.1) is 17.0 Å². The second-order valence-corrected chi connectivity index (χ2v) is 7.85. The van der Waals surface area contributed by atoms with E-state index in [-0.39, 0.29) is 21.6 Å². The molecule has 1 aromatic carbocycles. The molecule has 1 N–H and O–H groups in total. The van der Waals surface area contributed by atoms with Crippen LogP contribution in [-0.2, 0) is 9.84 Å². The maximum Gasteiger partial charge on any atom is 0.275 e. The highest BCUT2D eigenvalue weighted by molar-refractivity contribution is 7.91. The summed E-state index contributed by atoms with van der Waals surface area (Å²) < 4.78 is 24.1. The Hall–Kier alpha value is -1.99. The number of carbonyl (C=O) groups is 1. The Morgan fingerprint density at radius 2 is 2.00 bits per heavy atom. The summed E-state index contributed by atoms with van der Waals surface area (Å²) in [5.74, 6) is -0.672. The van der Waals surface area contributed by atoms with Crippen LogP contribution in [0.15, 0.2) is 29.6 Å². The van der Waals surface area contributed by atoms with Crippen molar-refractivity contribution in [3.8, 4) is 0 Å². The Labute approximate surface area is 146 Å². The van der Waals surface area contributed by atoms with E-state index in [0.29, 0.717) is 12.1 Å². The van der Waals surface area contributed by atoms with Crippen LogP contribution in [0.3, 0.4) is 0 Å². The number of anilines is 1. The molecule has 1 heterocycles. The van der Waals surface area contributed by atoms with Crippen molar-refractivity contribution in [2.75, 3.05) is 11.1 Å². The molecule has 24 heavy (non-hydrogen) atoms. The van der Waals surface area contributed by atoms with Crippen LogP contribution >= 0.6 is 11.6 Å². The van der Waals surface area contributed by atoms with Gasteiger partial charge in [0, 0.05) is 5.69 Å². The van der Waals surface area contributed by atoms with E-state index in [9.17, 15) is 13.2 Å². The number of aromatic nitrogens is 2. The molecule has 0 saturated heterocycles. The number of hydrogen-bond acceptors (Lipinski definition) is 5. The van der Waals surface area contributed by atoms with E-state index >= 15 is 0 Å². The third-order valence-corrected chi connectivity index (χ3v) is 5.29. The van der Waals surface area contributed by atoms with E-state index in [4.69, 9.17) is 11.6 Å². The van der Waals surface area contributed by atoms with Crippen molar-refractivity contribution in [1.82, 2.24) is 9.97 Å². The number of benzene rings is 1. The number of sulfone groups is 1. The number of aryl methyl sites for hydroxylation is 2. The highest BCUT2D eigenvalue weighted by atomic mass is 35.5. The van der Waals surface area contributed by atoms with Crippen molar-refractivity contribution < 1.29 is 13.2 Å². The zero-order valence-electron chi connectivity index (χ0n) is 13.6. The van der Waals surface area contributed by atoms with Gasteiger partial charge in [-0.25, -0.2) is 18.4 Å². The molecular weight excluding hydrogens is 350 g/mol. The van der Waals surface area contributed by atoms with Gasteiger partial charge in [-0.15, -0.1) is 0 Å². The Morgan fingerprint density at radius 3 is 2.62 bits per heavy atom. The Morgan fingerprint density at radius 1 is 1.29 bits per heavy atom. The molecule has 1 aromatic heterocycles. The maximum atomic E-state index is 12.4. The van der Waals surface area contributed by atoms with Gasteiger partial charge < -0.3 is 5.32 Å². The van der Waals surface area contributed by atoms with Gasteiger partial charge in [-0.3, -0.25) is 4.79 Å². The van der Waals surface area contributed by atoms with Crippen LogP contribution in [0.1, 0.15) is 35.0 Å². The van der Waals surface area contributed by atoms with Crippen LogP contribution in [0.4, 0.5) is 5.69 Å². The highest BCUT2D eigenvalue weighted by Gasteiger charge is 2.22. The lowest BCUT2D eigenvalue weighted by molar-refractivity contribution is 0.102. The number of amides is 1. The van der Waals surface area contributed by atoms with Gasteiger partial charge in [0.15, 0.2) is 5.69 Å². The molecule has 0 aliphatic rings. The van der Waals surface area contributed by atoms with Gasteiger partial charge in [0.2, 0.25) is 15.0 Å². The molecule has 6 nitrogen and oxygen atoms in total. The van der Waals surface area contributed by atoms with Gasteiger partial charge in [0.25, 0.3) is 5.91 Å². The first-order chi connectivity index (χ1) is 11.2. The van der Waals surface area contributed by atoms with Crippen molar-refractivity contribution in [2.24, 2.45) is 0 Å². The molecule has 0 radical (unpaired) electrons. The largest absolute Gasteiger partial charge is 0.320 e. The Bertz CT molecular complexity index is 882. The van der Waals surface area contributed by atoms with Crippen LogP contribution < -0.4 is 5.32 Å². The number of carbonyl (C=O) groups excluding carboxylic acids is 1. The van der Waals surface area contributed by atoms with Crippen LogP contribution in [0.5, 0.6) is 0 Å². The monoisotopic (exact) mass is 367 g/mol. The predicted molar refractivity (Wildman–Crippen MR) is 93.3 cm³/mol. The fraction of sp³-hybridized carbons (Fsp3) is 0.312. The highest BCUT2D eigenvalue weighted by Crippen LogP contribution is 2.20. The van der Waals surface area contributed by atoms with E-state index in [2.05, 4.69) is 15.3 Å². The standard InChI is InChI=1S/C16H18ClN3O3S/c1-4-7-24(22,23)16-18-9-12(17)14(20-16)15(21)19-13-6-5-10(2)8-11(13)3/h5-6,8-9H,4,7H2,1-3H3,(H,19,21). The zero-order chi connectivity index (χ0) is 17.9. The lowest BCUT2D eigenvalue weighted by Crippen LogP contribution is -2.18. The molecule has 8 heteroatoms. The summed E-state index contributed by atoms with van der Waals surface area (Å²) in [5, 5.41) is 2.30. The van der Waals surface area contributed by atoms with Crippen molar-refractivity contribution in [3.63, 3.8) is 0 Å². The zero-order valence-corrected chi connectivity index (χ0v) is 15.2. The molecule has 2 rings (SSSR count). The van der Waals surface area contributed by atoms with E-state index in [1.165, 1.54) is 0 Å². The van der Waals surface area contributed by atoms with Gasteiger partial charge in [-0.1, -0.05) is 36.2 Å². The summed E-state index contributed by atoms with van der Waals surface area (Å²) in [4.78, 5) is 20.0. The third-order valence-electron chi connectivity index (χ3n) is 3.32. The molecule has 0 bridgehead atoms. The lowest BCUT2D eigenvalue weighted by atomic mass is 10.1. The second kappa shape index (κ2) is 7.27. The fourth-order valence-electron chi connectivity index (χ4n) is 2.16. The molecule has 0 saturated carbocycles. The smallest absolute Gasteiger partial charge is 0.275 e. The van der Waals surface area contributed by atoms with E-state index < -0.39 is 15.7 Å². The third kappa shape index (κ3) is 4.10. The second-order valence-electron chi connectivity index (χ2n) is 5.44. The molecule has 128 valence electrons. The van der Waals surface area contributed by atoms with Crippen molar-refractivity contribution in [2.45, 2.75) is 32.3 Å². The number of rotatable bonds is 5. The van der Waals surface area contributed by atoms with Crippen LogP contribution in [0.2, 0.25) is 5.02 Å². The average Bonchev–Trinajstić information content (AvgIpc) is 2.50. The van der Waals surface area contributed by atoms with E-state index in [0.717, 1.165) is 17.3 Å². The molecule has 0 aliphatic carbocycles. The number of nitrogens with zero attached hydrogens (tertiary/aromatic N) is 2. The first-order valence-electron chi connectivity index (χ1n) is 7.38. The van der Waals surface area contributed by atoms with Crippen LogP contribution in [-0.4, -0.2) is 30.0 Å². The topological polar surface area (TPSA) is 89.0 Å². The number of halogens is 1. The predicted octanol–water partition coefficient (Wildman–Crippen LogP) is 3.18. The molecule has 0 atom stereocenters. The first-order valence-corrected chi connectivity index (χ1v) is 9.41. The fourth-order valence-corrected chi connectivity index (χ4v) is 3.50. The SMILES string of the molecule is CCCS(=O)(=O)c1ncc(Cl)c(C(=O)Nc2ccc(C)cc2C)n1. The van der Waals surface area contributed by atoms with E-state index in [1.54, 1.807) is 13.0 Å². The van der Waals surface area contributed by atoms with Crippen molar-refractivity contribution in [3.05, 3.63) is 46.2 Å². The summed E-state index contributed by atoms with van der Waals surface area (Å²) in [6, 6.07) is 5.56. The minimum atomic E-state index is -3.63. The lowest BCUT2D eigenvalue weighted by Gasteiger charge is -2.10. The molecule has 0 fully saturated rings. The van der Waals surface area contributed by atoms with Crippen LogP contribution in [0.25, 0.3) is 0 Å². The van der Waals surface area contributed by atoms with Gasteiger partial charge in [0.1, 0.15) is 0 Å². The first kappa shape index (κ1) is 18.4.